The number of benzene rings is 2. The van der Waals surface area contributed by atoms with Gasteiger partial charge >= 0.3 is 24.4 Å². The summed E-state index contributed by atoms with van der Waals surface area (Å²) in [5, 5.41) is 0. The first-order chi connectivity index (χ1) is 17.0. The monoisotopic (exact) mass is 536 g/mol. The molecule has 1 unspecified atom stereocenters. The molecule has 0 aliphatic carbocycles. The second-order valence-corrected chi connectivity index (χ2v) is 9.16. The van der Waals surface area contributed by atoms with Crippen molar-refractivity contribution >= 4 is 17.7 Å². The summed E-state index contributed by atoms with van der Waals surface area (Å²) in [5.41, 5.74) is -3.96. The molecule has 4 atom stereocenters. The number of rotatable bonds is 4. The van der Waals surface area contributed by atoms with Gasteiger partial charge in [-0.3, -0.25) is 4.79 Å². The van der Waals surface area contributed by atoms with Crippen LogP contribution in [0.4, 0.5) is 41.3 Å². The highest BCUT2D eigenvalue weighted by Gasteiger charge is 2.57. The molecular formula is C25H25F7NO4+. The smallest absolute Gasteiger partial charge is 0.469 e. The number of carbonyl (C=O) groups is 2. The highest BCUT2D eigenvalue weighted by atomic mass is 19.4. The minimum Gasteiger partial charge on any atom is -0.469 e. The molecule has 0 radical (unpaired) electrons. The van der Waals surface area contributed by atoms with E-state index >= 15 is 4.48 Å². The summed E-state index contributed by atoms with van der Waals surface area (Å²) in [4.78, 5) is 25.7. The zero-order chi connectivity index (χ0) is 27.9. The topological polar surface area (TPSA) is 52.6 Å². The van der Waals surface area contributed by atoms with Crippen molar-refractivity contribution < 1.29 is 49.9 Å². The van der Waals surface area contributed by atoms with Crippen molar-refractivity contribution in [2.75, 3.05) is 7.11 Å². The largest absolute Gasteiger partial charge is 0.561 e. The molecule has 1 aliphatic heterocycles. The van der Waals surface area contributed by atoms with Crippen molar-refractivity contribution in [1.82, 2.24) is 4.71 Å². The third kappa shape index (κ3) is 5.43. The molecule has 0 spiro atoms. The zero-order valence-corrected chi connectivity index (χ0v) is 20.3. The van der Waals surface area contributed by atoms with Crippen LogP contribution in [0.5, 0.6) is 0 Å². The van der Waals surface area contributed by atoms with Crippen LogP contribution < -0.4 is 4.71 Å². The maximum atomic E-state index is 16.3. The molecule has 1 amide bonds. The van der Waals surface area contributed by atoms with Crippen LogP contribution in [0.2, 0.25) is 0 Å². The van der Waals surface area contributed by atoms with Gasteiger partial charge in [0.05, 0.1) is 24.2 Å². The molecule has 0 N–H and O–H groups in total. The van der Waals surface area contributed by atoms with Crippen LogP contribution in [0.3, 0.4) is 0 Å². The van der Waals surface area contributed by atoms with Gasteiger partial charge in [-0.1, -0.05) is 18.2 Å². The second-order valence-electron chi connectivity index (χ2n) is 9.16. The molecule has 5 nitrogen and oxygen atoms in total. The summed E-state index contributed by atoms with van der Waals surface area (Å²) in [6, 6.07) is 5.19. The van der Waals surface area contributed by atoms with E-state index in [2.05, 4.69) is 0 Å². The number of carbonyl (C=O) groups excluding carboxylic acids is 2. The number of hydrogen-bond acceptors (Lipinski definition) is 4. The Morgan fingerprint density at radius 2 is 1.51 bits per heavy atom. The number of alkyl halides is 6. The minimum absolute atomic E-state index is 0.0410. The van der Waals surface area contributed by atoms with Gasteiger partial charge in [0.1, 0.15) is 12.1 Å². The Morgan fingerprint density at radius 3 is 2.00 bits per heavy atom. The van der Waals surface area contributed by atoms with E-state index in [1.807, 2.05) is 0 Å². The molecule has 37 heavy (non-hydrogen) atoms. The van der Waals surface area contributed by atoms with Gasteiger partial charge in [0.2, 0.25) is 0 Å². The molecule has 2 aromatic rings. The third-order valence-corrected chi connectivity index (χ3v) is 6.32. The minimum atomic E-state index is -5.14. The molecule has 2 aromatic carbocycles. The van der Waals surface area contributed by atoms with Crippen LogP contribution in [-0.4, -0.2) is 31.3 Å². The predicted molar refractivity (Wildman–Crippen MR) is 119 cm³/mol. The second kappa shape index (κ2) is 9.96. The fourth-order valence-electron chi connectivity index (χ4n) is 4.67. The van der Waals surface area contributed by atoms with Gasteiger partial charge in [-0.25, -0.2) is 0 Å². The average molecular weight is 536 g/mol. The first-order valence-corrected chi connectivity index (χ1v) is 11.3. The van der Waals surface area contributed by atoms with E-state index in [0.29, 0.717) is 12.1 Å². The maximum Gasteiger partial charge on any atom is 0.561 e. The summed E-state index contributed by atoms with van der Waals surface area (Å²) in [6.07, 6.45) is -12.5. The Balaban J connectivity index is 2.26. The van der Waals surface area contributed by atoms with Gasteiger partial charge in [-0.15, -0.1) is 0 Å². The van der Waals surface area contributed by atoms with Crippen molar-refractivity contribution in [3.8, 4) is 0 Å². The van der Waals surface area contributed by atoms with Crippen LogP contribution in [0.25, 0.3) is 0 Å². The molecule has 0 fully saturated rings. The van der Waals surface area contributed by atoms with Crippen molar-refractivity contribution in [2.24, 2.45) is 0 Å². The summed E-state index contributed by atoms with van der Waals surface area (Å²) < 4.78 is 106. The lowest BCUT2D eigenvalue weighted by molar-refractivity contribution is -0.146. The van der Waals surface area contributed by atoms with Crippen molar-refractivity contribution in [3.05, 3.63) is 64.7 Å². The van der Waals surface area contributed by atoms with Crippen LogP contribution in [0, 0.1) is 0 Å². The van der Waals surface area contributed by atoms with Gasteiger partial charge in [-0.05, 0) is 44.5 Å². The van der Waals surface area contributed by atoms with E-state index in [1.165, 1.54) is 45.0 Å². The van der Waals surface area contributed by atoms with E-state index in [1.54, 1.807) is 0 Å². The summed E-state index contributed by atoms with van der Waals surface area (Å²) in [6.45, 7) is 4.38. The number of para-hydroxylation sites is 1. The van der Waals surface area contributed by atoms with Crippen molar-refractivity contribution in [3.63, 3.8) is 0 Å². The standard InChI is InChI=1S/C25H25F7NO4/c1-13(2)37-23(35)33(32)14(3)9-19(18-7-5-6-8-20(18)33)21(22(34)36-4)15-10-16(24(26,27)28)12-17(11-15)25(29,30)31/h5-8,10-14,19,21H,9H2,1-4H3/q+1/t14-,19?,21-,33-/m0/s1. The van der Waals surface area contributed by atoms with Gasteiger partial charge in [0, 0.05) is 33.2 Å². The number of esters is 1. The lowest BCUT2D eigenvalue weighted by atomic mass is 9.74. The van der Waals surface area contributed by atoms with E-state index in [0.717, 1.165) is 7.11 Å². The van der Waals surface area contributed by atoms with Gasteiger partial charge < -0.3 is 9.47 Å². The molecule has 0 aromatic heterocycles. The first-order valence-electron chi connectivity index (χ1n) is 11.3. The Bertz CT molecular complexity index is 1150. The number of methoxy groups -OCH3 is 1. The Hall–Kier alpha value is -3.15. The zero-order valence-electron chi connectivity index (χ0n) is 20.3. The Labute approximate surface area is 208 Å². The van der Waals surface area contributed by atoms with Gasteiger partial charge in [-0.2, -0.15) is 31.1 Å². The first kappa shape index (κ1) is 28.4. The number of nitrogens with zero attached hydrogens (tertiary/aromatic N) is 1. The van der Waals surface area contributed by atoms with Crippen LogP contribution in [0.1, 0.15) is 61.3 Å². The number of amides is 1. The van der Waals surface area contributed by atoms with Crippen molar-refractivity contribution in [1.29, 1.82) is 0 Å². The summed E-state index contributed by atoms with van der Waals surface area (Å²) in [7, 11) is 0.946. The van der Waals surface area contributed by atoms with Crippen LogP contribution >= 0.6 is 0 Å². The molecule has 202 valence electrons. The van der Waals surface area contributed by atoms with Gasteiger partial charge in [0.15, 0.2) is 5.69 Å². The average Bonchev–Trinajstić information content (AvgIpc) is 2.80. The van der Waals surface area contributed by atoms with Crippen LogP contribution in [0.15, 0.2) is 42.5 Å². The van der Waals surface area contributed by atoms with E-state index < -0.39 is 69.8 Å². The molecule has 0 bridgehead atoms. The number of ether oxygens (including phenoxy) is 2. The highest BCUT2D eigenvalue weighted by molar-refractivity contribution is 5.85. The number of fused-ring (bicyclic) bond motifs is 1. The molecule has 12 heteroatoms. The Morgan fingerprint density at radius 1 is 0.973 bits per heavy atom. The van der Waals surface area contributed by atoms with E-state index in [-0.39, 0.29) is 23.7 Å². The molecular weight excluding hydrogens is 511 g/mol. The quantitative estimate of drug-likeness (QED) is 0.234. The summed E-state index contributed by atoms with van der Waals surface area (Å²) in [5.74, 6) is -3.88. The predicted octanol–water partition coefficient (Wildman–Crippen LogP) is 7.29. The fourth-order valence-corrected chi connectivity index (χ4v) is 4.67. The number of halogens is 7. The lowest BCUT2D eigenvalue weighted by Gasteiger charge is -2.39. The fraction of sp³-hybridized carbons (Fsp3) is 0.440. The Kier molecular flexibility index (Phi) is 7.65. The number of quaternary nitrogens is 1. The normalized spacial score (nSPS) is 22.8. The lowest BCUT2D eigenvalue weighted by Crippen LogP contribution is -2.57. The third-order valence-electron chi connectivity index (χ3n) is 6.32. The molecule has 1 heterocycles. The van der Waals surface area contributed by atoms with Crippen LogP contribution in [-0.2, 0) is 26.6 Å². The molecule has 3 rings (SSSR count). The van der Waals surface area contributed by atoms with E-state index in [9.17, 15) is 35.9 Å². The maximum absolute atomic E-state index is 16.3. The molecule has 0 saturated carbocycles. The molecule has 0 saturated heterocycles. The van der Waals surface area contributed by atoms with Gasteiger partial charge in [0.25, 0.3) is 0 Å². The molecule has 1 aliphatic rings. The number of hydrogen-bond donors (Lipinski definition) is 0. The van der Waals surface area contributed by atoms with Crippen molar-refractivity contribution in [2.45, 2.75) is 63.5 Å². The van der Waals surface area contributed by atoms with E-state index in [4.69, 9.17) is 9.47 Å². The highest BCUT2D eigenvalue weighted by Crippen LogP contribution is 2.51. The SMILES string of the molecule is COC(=O)[C@@H](c1cc(C(F)(F)F)cc(C(F)(F)F)c1)C1C[C@H](C)[N@@+](F)(C(=O)OC(C)C)c2ccccc21. The summed E-state index contributed by atoms with van der Waals surface area (Å²) >= 11 is 0.